The van der Waals surface area contributed by atoms with Crippen LogP contribution < -0.4 is 20.3 Å². The van der Waals surface area contributed by atoms with E-state index in [9.17, 15) is 18.0 Å². The normalized spacial score (nSPS) is 11.2. The molecule has 0 spiro atoms. The van der Waals surface area contributed by atoms with Crippen LogP contribution in [0.4, 0.5) is 36.2 Å². The molecule has 0 unspecified atom stereocenters. The molecule has 0 fully saturated rings. The Bertz CT molecular complexity index is 1490. The van der Waals surface area contributed by atoms with Gasteiger partial charge in [-0.3, -0.25) is 4.79 Å². The third kappa shape index (κ3) is 6.65. The van der Waals surface area contributed by atoms with Crippen molar-refractivity contribution < 1.29 is 22.7 Å². The van der Waals surface area contributed by atoms with E-state index in [2.05, 4.69) is 32.2 Å². The molecule has 0 bridgehead atoms. The summed E-state index contributed by atoms with van der Waals surface area (Å²) in [6.45, 7) is 0.997. The predicted octanol–water partition coefficient (Wildman–Crippen LogP) is 5.39. The molecule has 2 heterocycles. The summed E-state index contributed by atoms with van der Waals surface area (Å²) in [6.07, 6.45) is 3.34. The smallest absolute Gasteiger partial charge is 0.387 e. The average molecular weight is 540 g/mol. The van der Waals surface area contributed by atoms with Crippen LogP contribution in [-0.4, -0.2) is 66.6 Å². The van der Waals surface area contributed by atoms with Crippen LogP contribution in [0.1, 0.15) is 0 Å². The first-order valence-electron chi connectivity index (χ1n) is 11.9. The van der Waals surface area contributed by atoms with E-state index in [1.54, 1.807) is 18.0 Å². The molecule has 0 atom stereocenters. The van der Waals surface area contributed by atoms with Crippen LogP contribution in [0, 0.1) is 0 Å². The van der Waals surface area contributed by atoms with E-state index in [0.717, 1.165) is 16.5 Å². The zero-order chi connectivity index (χ0) is 28.1. The highest BCUT2D eigenvalue weighted by atomic mass is 19.3. The number of rotatable bonds is 11. The van der Waals surface area contributed by atoms with Crippen molar-refractivity contribution in [3.8, 4) is 17.0 Å². The fraction of sp³-hybridized carbons (Fsp3) is 0.222. The van der Waals surface area contributed by atoms with Gasteiger partial charge in [-0.05, 0) is 32.3 Å². The maximum absolute atomic E-state index is 13.6. The summed E-state index contributed by atoms with van der Waals surface area (Å²) in [5.41, 5.74) is 2.86. The number of hydrogen-bond acceptors (Lipinski definition) is 7. The van der Waals surface area contributed by atoms with Crippen molar-refractivity contribution in [2.45, 2.75) is 6.61 Å². The number of amides is 1. The van der Waals surface area contributed by atoms with E-state index in [1.807, 2.05) is 49.5 Å². The lowest BCUT2D eigenvalue weighted by Crippen LogP contribution is -2.29. The fourth-order valence-electron chi connectivity index (χ4n) is 3.91. The number of nitrogens with zero attached hydrogens (tertiary/aromatic N) is 4. The van der Waals surface area contributed by atoms with Gasteiger partial charge in [-0.15, -0.1) is 0 Å². The molecule has 0 aliphatic heterocycles. The molecule has 2 aromatic carbocycles. The van der Waals surface area contributed by atoms with E-state index in [4.69, 9.17) is 4.74 Å². The molecule has 9 nitrogen and oxygen atoms in total. The first kappa shape index (κ1) is 27.5. The summed E-state index contributed by atoms with van der Waals surface area (Å²) < 4.78 is 45.2. The number of ether oxygens (including phenoxy) is 1. The summed E-state index contributed by atoms with van der Waals surface area (Å²) in [5.74, 6) is -2.38. The van der Waals surface area contributed by atoms with Crippen LogP contribution in [0.2, 0.25) is 0 Å². The largest absolute Gasteiger partial charge is 0.433 e. The number of halogens is 3. The van der Waals surface area contributed by atoms with Gasteiger partial charge in [-0.25, -0.2) is 14.4 Å². The zero-order valence-corrected chi connectivity index (χ0v) is 21.6. The van der Waals surface area contributed by atoms with Gasteiger partial charge in [0.15, 0.2) is 11.6 Å². The Balaban J connectivity index is 1.74. The minimum Gasteiger partial charge on any atom is -0.433 e. The number of H-pyrrole nitrogens is 1. The minimum absolute atomic E-state index is 0.0379. The number of para-hydroxylation sites is 1. The van der Waals surface area contributed by atoms with Gasteiger partial charge in [0.2, 0.25) is 5.95 Å². The summed E-state index contributed by atoms with van der Waals surface area (Å²) >= 11 is 0. The van der Waals surface area contributed by atoms with Crippen LogP contribution in [0.3, 0.4) is 0 Å². The second kappa shape index (κ2) is 11.9. The number of aromatic nitrogens is 3. The first-order valence-corrected chi connectivity index (χ1v) is 11.9. The molecule has 0 aliphatic carbocycles. The van der Waals surface area contributed by atoms with Crippen molar-refractivity contribution in [2.24, 2.45) is 0 Å². The number of likely N-dealkylation sites (N-methyl/N-ethyl adjacent to an activating group) is 2. The van der Waals surface area contributed by atoms with Crippen LogP contribution in [0.5, 0.6) is 5.75 Å². The Labute approximate surface area is 223 Å². The van der Waals surface area contributed by atoms with Gasteiger partial charge in [-0.1, -0.05) is 24.8 Å². The average Bonchev–Trinajstić information content (AvgIpc) is 3.32. The molecule has 204 valence electrons. The van der Waals surface area contributed by atoms with E-state index in [0.29, 0.717) is 24.5 Å². The molecular weight excluding hydrogens is 511 g/mol. The van der Waals surface area contributed by atoms with E-state index >= 15 is 0 Å². The molecule has 0 radical (unpaired) electrons. The van der Waals surface area contributed by atoms with E-state index in [-0.39, 0.29) is 23.1 Å². The number of anilines is 4. The number of aromatic amines is 1. The Kier molecular flexibility index (Phi) is 8.35. The number of benzene rings is 2. The third-order valence-corrected chi connectivity index (χ3v) is 5.87. The molecule has 4 aromatic rings. The van der Waals surface area contributed by atoms with Gasteiger partial charge in [-0.2, -0.15) is 8.78 Å². The van der Waals surface area contributed by atoms with Gasteiger partial charge >= 0.3 is 6.61 Å². The van der Waals surface area contributed by atoms with Crippen LogP contribution in [0.15, 0.2) is 67.3 Å². The lowest BCUT2D eigenvalue weighted by Gasteiger charge is -2.26. The number of nitrogens with one attached hydrogen (secondary N) is 3. The van der Waals surface area contributed by atoms with Gasteiger partial charge in [0.1, 0.15) is 0 Å². The second-order valence-electron chi connectivity index (χ2n) is 8.97. The molecular formula is C27H28F3N7O2. The van der Waals surface area contributed by atoms with Crippen molar-refractivity contribution >= 4 is 39.8 Å². The number of hydrogen-bond donors (Lipinski definition) is 3. The Morgan fingerprint density at radius 1 is 1.13 bits per heavy atom. The van der Waals surface area contributed by atoms with Crippen LogP contribution in [-0.2, 0) is 4.79 Å². The molecule has 0 aliphatic rings. The second-order valence-corrected chi connectivity index (χ2v) is 8.97. The highest BCUT2D eigenvalue weighted by Crippen LogP contribution is 2.39. The van der Waals surface area contributed by atoms with Crippen molar-refractivity contribution in [3.63, 3.8) is 0 Å². The molecule has 39 heavy (non-hydrogen) atoms. The van der Waals surface area contributed by atoms with Gasteiger partial charge in [0, 0.05) is 55.1 Å². The molecule has 3 N–H and O–H groups in total. The van der Waals surface area contributed by atoms with Crippen molar-refractivity contribution in [1.82, 2.24) is 19.9 Å². The standard InChI is InChI=1S/C27H28F3N7O2/c1-16(28)25(38)33-21-13-22(24(39-26(29)30)14-23(21)37(4)12-11-36(2)3)35-27-31-10-9-20(34-27)18-15-32-19-8-6-5-7-17(18)19/h5-10,13-15,26,32H,1,11-12H2,2-4H3,(H,33,38)(H,31,34,35). The fourth-order valence-corrected chi connectivity index (χ4v) is 3.91. The predicted molar refractivity (Wildman–Crippen MR) is 146 cm³/mol. The molecule has 0 saturated heterocycles. The topological polar surface area (TPSA) is 98.4 Å². The lowest BCUT2D eigenvalue weighted by molar-refractivity contribution is -0.114. The summed E-state index contributed by atoms with van der Waals surface area (Å²) in [4.78, 5) is 27.8. The molecule has 0 saturated carbocycles. The number of fused-ring (bicyclic) bond motifs is 1. The van der Waals surface area contributed by atoms with Gasteiger partial charge in [0.25, 0.3) is 5.91 Å². The molecule has 4 rings (SSSR count). The first-order chi connectivity index (χ1) is 18.6. The highest BCUT2D eigenvalue weighted by molar-refractivity contribution is 6.04. The maximum Gasteiger partial charge on any atom is 0.387 e. The number of carbonyl (C=O) groups excluding carboxylic acids is 1. The monoisotopic (exact) mass is 539 g/mol. The van der Waals surface area contributed by atoms with Gasteiger partial charge < -0.3 is 30.2 Å². The quantitative estimate of drug-likeness (QED) is 0.220. The van der Waals surface area contributed by atoms with Crippen LogP contribution in [0.25, 0.3) is 22.2 Å². The van der Waals surface area contributed by atoms with Crippen molar-refractivity contribution in [1.29, 1.82) is 0 Å². The lowest BCUT2D eigenvalue weighted by atomic mass is 10.1. The number of carbonyl (C=O) groups is 1. The Morgan fingerprint density at radius 3 is 2.62 bits per heavy atom. The van der Waals surface area contributed by atoms with E-state index in [1.165, 1.54) is 18.3 Å². The highest BCUT2D eigenvalue weighted by Gasteiger charge is 2.20. The molecule has 1 amide bonds. The van der Waals surface area contributed by atoms with Crippen molar-refractivity contribution in [2.75, 3.05) is 49.8 Å². The Hall–Kier alpha value is -4.58. The molecule has 2 aromatic heterocycles. The Morgan fingerprint density at radius 2 is 1.90 bits per heavy atom. The summed E-state index contributed by atoms with van der Waals surface area (Å²) in [5, 5.41) is 6.29. The van der Waals surface area contributed by atoms with Crippen molar-refractivity contribution in [3.05, 3.63) is 67.3 Å². The van der Waals surface area contributed by atoms with Gasteiger partial charge in [0.05, 0.1) is 22.8 Å². The maximum atomic E-state index is 13.6. The SMILES string of the molecule is C=C(F)C(=O)Nc1cc(Nc2nccc(-c3c[nH]c4ccccc34)n2)c(OC(F)F)cc1N(C)CCN(C)C. The molecule has 12 heteroatoms. The summed E-state index contributed by atoms with van der Waals surface area (Å²) in [6, 6.07) is 12.1. The van der Waals surface area contributed by atoms with E-state index < -0.39 is 18.3 Å². The number of alkyl halides is 2. The third-order valence-electron chi connectivity index (χ3n) is 5.87. The summed E-state index contributed by atoms with van der Waals surface area (Å²) in [7, 11) is 5.48. The van der Waals surface area contributed by atoms with Crippen LogP contribution >= 0.6 is 0 Å². The minimum atomic E-state index is -3.13. The zero-order valence-electron chi connectivity index (χ0n) is 21.6.